The number of carbonyl (C=O) groups is 2. The van der Waals surface area contributed by atoms with Gasteiger partial charge < -0.3 is 9.84 Å². The van der Waals surface area contributed by atoms with Crippen LogP contribution in [0, 0.1) is 5.92 Å². The second-order valence-corrected chi connectivity index (χ2v) is 6.11. The van der Waals surface area contributed by atoms with Crippen LogP contribution in [0.15, 0.2) is 0 Å². The Labute approximate surface area is 135 Å². The van der Waals surface area contributed by atoms with Gasteiger partial charge in [-0.15, -0.1) is 0 Å². The first-order valence-corrected chi connectivity index (χ1v) is 8.97. The zero-order valence-corrected chi connectivity index (χ0v) is 14.4. The van der Waals surface area contributed by atoms with Crippen LogP contribution in [0.3, 0.4) is 0 Å². The molecule has 0 heterocycles. The lowest BCUT2D eigenvalue weighted by molar-refractivity contribution is -0.144. The Morgan fingerprint density at radius 1 is 0.864 bits per heavy atom. The zero-order chi connectivity index (χ0) is 16.6. The fourth-order valence-corrected chi connectivity index (χ4v) is 2.59. The van der Waals surface area contributed by atoms with Gasteiger partial charge in [-0.25, -0.2) is 0 Å². The van der Waals surface area contributed by atoms with E-state index in [4.69, 9.17) is 9.84 Å². The molecular formula is C18H34O4. The number of carboxylic acid groups (broad SMARTS) is 1. The molecule has 4 nitrogen and oxygen atoms in total. The van der Waals surface area contributed by atoms with Gasteiger partial charge in [-0.2, -0.15) is 0 Å². The molecule has 0 fully saturated rings. The molecule has 0 spiro atoms. The van der Waals surface area contributed by atoms with E-state index in [1.807, 2.05) is 0 Å². The van der Waals surface area contributed by atoms with Crippen LogP contribution in [-0.4, -0.2) is 23.7 Å². The minimum absolute atomic E-state index is 0.0335. The Balaban J connectivity index is 3.83. The molecule has 0 atom stereocenters. The number of rotatable bonds is 15. The Hall–Kier alpha value is -1.06. The molecule has 0 aromatic heterocycles. The first-order valence-electron chi connectivity index (χ1n) is 8.97. The van der Waals surface area contributed by atoms with Gasteiger partial charge in [0.25, 0.3) is 0 Å². The van der Waals surface area contributed by atoms with Crippen molar-refractivity contribution in [3.05, 3.63) is 0 Å². The molecule has 0 rings (SSSR count). The number of esters is 1. The van der Waals surface area contributed by atoms with Crippen LogP contribution < -0.4 is 0 Å². The molecular weight excluding hydrogens is 280 g/mol. The highest BCUT2D eigenvalue weighted by molar-refractivity contribution is 5.71. The van der Waals surface area contributed by atoms with Crippen LogP contribution in [0.5, 0.6) is 0 Å². The van der Waals surface area contributed by atoms with Gasteiger partial charge in [-0.3, -0.25) is 9.59 Å². The minimum Gasteiger partial charge on any atom is -0.481 e. The summed E-state index contributed by atoms with van der Waals surface area (Å²) in [5, 5.41) is 8.53. The fraction of sp³-hybridized carbons (Fsp3) is 0.889. The fourth-order valence-electron chi connectivity index (χ4n) is 2.59. The number of carboxylic acids is 1. The maximum atomic E-state index is 11.5. The van der Waals surface area contributed by atoms with Gasteiger partial charge in [0.05, 0.1) is 6.61 Å². The molecule has 1 N–H and O–H groups in total. The summed E-state index contributed by atoms with van der Waals surface area (Å²) >= 11 is 0. The normalized spacial score (nSPS) is 10.9. The Morgan fingerprint density at radius 2 is 1.45 bits per heavy atom. The van der Waals surface area contributed by atoms with E-state index >= 15 is 0 Å². The molecule has 0 aromatic rings. The molecule has 0 aliphatic heterocycles. The molecule has 0 unspecified atom stereocenters. The van der Waals surface area contributed by atoms with Crippen molar-refractivity contribution >= 4 is 11.9 Å². The number of ether oxygens (including phenoxy) is 1. The Morgan fingerprint density at radius 3 is 1.95 bits per heavy atom. The highest BCUT2D eigenvalue weighted by Crippen LogP contribution is 2.21. The minimum atomic E-state index is -0.861. The Kier molecular flexibility index (Phi) is 14.1. The van der Waals surface area contributed by atoms with Crippen LogP contribution in [0.25, 0.3) is 0 Å². The molecule has 0 saturated carbocycles. The summed E-state index contributed by atoms with van der Waals surface area (Å²) in [4.78, 5) is 21.9. The molecule has 0 radical (unpaired) electrons. The van der Waals surface area contributed by atoms with Crippen molar-refractivity contribution < 1.29 is 19.4 Å². The van der Waals surface area contributed by atoms with Crippen molar-refractivity contribution in [1.82, 2.24) is 0 Å². The van der Waals surface area contributed by atoms with Gasteiger partial charge in [0.1, 0.15) is 0 Å². The van der Waals surface area contributed by atoms with Gasteiger partial charge in [0, 0.05) is 12.8 Å². The van der Waals surface area contributed by atoms with Crippen LogP contribution in [0.4, 0.5) is 0 Å². The SMILES string of the molecule is CCCCCC(CCCCC)CCOC(=O)CCCC(=O)O. The smallest absolute Gasteiger partial charge is 0.305 e. The third-order valence-electron chi connectivity index (χ3n) is 3.99. The maximum Gasteiger partial charge on any atom is 0.305 e. The first-order chi connectivity index (χ1) is 10.6. The van der Waals surface area contributed by atoms with E-state index in [-0.39, 0.29) is 18.8 Å². The van der Waals surface area contributed by atoms with Gasteiger partial charge >= 0.3 is 11.9 Å². The summed E-state index contributed by atoms with van der Waals surface area (Å²) in [6, 6.07) is 0. The third kappa shape index (κ3) is 13.9. The lowest BCUT2D eigenvalue weighted by Gasteiger charge is -2.16. The number of hydrogen-bond acceptors (Lipinski definition) is 3. The number of aliphatic carboxylic acids is 1. The van der Waals surface area contributed by atoms with E-state index in [1.54, 1.807) is 0 Å². The summed E-state index contributed by atoms with van der Waals surface area (Å²) < 4.78 is 5.24. The van der Waals surface area contributed by atoms with Gasteiger partial charge in [0.2, 0.25) is 0 Å². The van der Waals surface area contributed by atoms with Crippen LogP contribution >= 0.6 is 0 Å². The molecule has 0 aliphatic carbocycles. The average Bonchev–Trinajstić information content (AvgIpc) is 2.47. The van der Waals surface area contributed by atoms with E-state index in [2.05, 4.69) is 13.8 Å². The van der Waals surface area contributed by atoms with Crippen LogP contribution in [0.1, 0.15) is 90.9 Å². The zero-order valence-electron chi connectivity index (χ0n) is 14.4. The molecule has 4 heteroatoms. The van der Waals surface area contributed by atoms with Crippen molar-refractivity contribution in [2.24, 2.45) is 5.92 Å². The van der Waals surface area contributed by atoms with E-state index in [0.717, 1.165) is 6.42 Å². The summed E-state index contributed by atoms with van der Waals surface area (Å²) in [5.41, 5.74) is 0. The predicted molar refractivity (Wildman–Crippen MR) is 88.8 cm³/mol. The molecule has 0 aromatic carbocycles. The topological polar surface area (TPSA) is 63.6 Å². The summed E-state index contributed by atoms with van der Waals surface area (Å²) in [6.07, 6.45) is 11.6. The molecule has 130 valence electrons. The lowest BCUT2D eigenvalue weighted by Crippen LogP contribution is -2.11. The molecule has 0 amide bonds. The summed E-state index contributed by atoms with van der Waals surface area (Å²) in [7, 11) is 0. The van der Waals surface area contributed by atoms with Crippen molar-refractivity contribution in [2.45, 2.75) is 90.9 Å². The van der Waals surface area contributed by atoms with Crippen molar-refractivity contribution in [1.29, 1.82) is 0 Å². The molecule has 0 aliphatic rings. The van der Waals surface area contributed by atoms with Crippen molar-refractivity contribution in [3.8, 4) is 0 Å². The van der Waals surface area contributed by atoms with Gasteiger partial charge in [-0.05, 0) is 18.8 Å². The molecule has 22 heavy (non-hydrogen) atoms. The molecule has 0 saturated heterocycles. The number of unbranched alkanes of at least 4 members (excludes halogenated alkanes) is 4. The monoisotopic (exact) mass is 314 g/mol. The van der Waals surface area contributed by atoms with Crippen LogP contribution in [0.2, 0.25) is 0 Å². The number of carbonyl (C=O) groups excluding carboxylic acids is 1. The lowest BCUT2D eigenvalue weighted by atomic mass is 9.92. The average molecular weight is 314 g/mol. The first kappa shape index (κ1) is 20.9. The van der Waals surface area contributed by atoms with Gasteiger partial charge in [-0.1, -0.05) is 65.2 Å². The Bertz CT molecular complexity index is 279. The van der Waals surface area contributed by atoms with E-state index < -0.39 is 5.97 Å². The highest BCUT2D eigenvalue weighted by Gasteiger charge is 2.10. The van der Waals surface area contributed by atoms with E-state index in [9.17, 15) is 9.59 Å². The maximum absolute atomic E-state index is 11.5. The van der Waals surface area contributed by atoms with Crippen LogP contribution in [-0.2, 0) is 14.3 Å². The quantitative estimate of drug-likeness (QED) is 0.343. The summed E-state index contributed by atoms with van der Waals surface area (Å²) in [5.74, 6) is -0.466. The second kappa shape index (κ2) is 14.9. The largest absolute Gasteiger partial charge is 0.481 e. The summed E-state index contributed by atoms with van der Waals surface area (Å²) in [6.45, 7) is 4.91. The van der Waals surface area contributed by atoms with Crippen molar-refractivity contribution in [2.75, 3.05) is 6.61 Å². The van der Waals surface area contributed by atoms with Crippen molar-refractivity contribution in [3.63, 3.8) is 0 Å². The van der Waals surface area contributed by atoms with E-state index in [0.29, 0.717) is 18.9 Å². The predicted octanol–water partition coefficient (Wildman–Crippen LogP) is 4.95. The standard InChI is InChI=1S/C18H34O4/c1-3-5-7-10-16(11-8-6-4-2)14-15-22-18(21)13-9-12-17(19)20/h16H,3-15H2,1-2H3,(H,19,20). The second-order valence-electron chi connectivity index (χ2n) is 6.11. The number of hydrogen-bond donors (Lipinski definition) is 1. The molecule has 0 bridgehead atoms. The highest BCUT2D eigenvalue weighted by atomic mass is 16.5. The van der Waals surface area contributed by atoms with E-state index in [1.165, 1.54) is 51.4 Å². The third-order valence-corrected chi connectivity index (χ3v) is 3.99. The van der Waals surface area contributed by atoms with Gasteiger partial charge in [0.15, 0.2) is 0 Å².